The fraction of sp³-hybridized carbons (Fsp3) is 0.318. The summed E-state index contributed by atoms with van der Waals surface area (Å²) in [6.07, 6.45) is 0.833. The molecule has 0 saturated carbocycles. The minimum atomic E-state index is -0.0567. The monoisotopic (exact) mass is 399 g/mol. The van der Waals surface area contributed by atoms with E-state index in [1.807, 2.05) is 32.2 Å². The highest BCUT2D eigenvalue weighted by atomic mass is 35.5. The van der Waals surface area contributed by atoms with E-state index in [9.17, 15) is 4.79 Å². The van der Waals surface area contributed by atoms with Gasteiger partial charge in [0.2, 0.25) is 0 Å². The summed E-state index contributed by atoms with van der Waals surface area (Å²) in [6, 6.07) is 12.9. The molecule has 2 N–H and O–H groups in total. The number of nitrogens with zero attached hydrogens (tertiary/aromatic N) is 1. The first-order valence-corrected chi connectivity index (χ1v) is 9.78. The van der Waals surface area contributed by atoms with E-state index < -0.39 is 0 Å². The van der Waals surface area contributed by atoms with Gasteiger partial charge in [-0.25, -0.2) is 0 Å². The standard InChI is InChI=1S/C22H26ClN3O2/c1-15-19(10-11-25-13-12-24-2)20-14-18(28-3)8-9-21(20)26(15)22(27)16-4-6-17(23)7-5-16/h4-9,14,24-25H,10-13H2,1-3H3. The van der Waals surface area contributed by atoms with Gasteiger partial charge in [0.1, 0.15) is 5.75 Å². The summed E-state index contributed by atoms with van der Waals surface area (Å²) >= 11 is 5.98. The first-order valence-electron chi connectivity index (χ1n) is 9.40. The molecule has 3 rings (SSSR count). The summed E-state index contributed by atoms with van der Waals surface area (Å²) in [6.45, 7) is 4.67. The number of aromatic nitrogens is 1. The van der Waals surface area contributed by atoms with Crippen molar-refractivity contribution >= 4 is 28.4 Å². The molecule has 1 heterocycles. The molecule has 0 saturated heterocycles. The molecule has 0 aliphatic heterocycles. The fourth-order valence-corrected chi connectivity index (χ4v) is 3.57. The zero-order valence-electron chi connectivity index (χ0n) is 16.5. The number of ether oxygens (including phenoxy) is 1. The van der Waals surface area contributed by atoms with Crippen molar-refractivity contribution in [1.82, 2.24) is 15.2 Å². The van der Waals surface area contributed by atoms with Crippen LogP contribution in [0.4, 0.5) is 0 Å². The van der Waals surface area contributed by atoms with Gasteiger partial charge in [0.05, 0.1) is 12.6 Å². The highest BCUT2D eigenvalue weighted by Crippen LogP contribution is 2.30. The third kappa shape index (κ3) is 4.22. The Labute approximate surface area is 170 Å². The zero-order valence-corrected chi connectivity index (χ0v) is 17.3. The molecular formula is C22H26ClN3O2. The van der Waals surface area contributed by atoms with Crippen molar-refractivity contribution in [2.75, 3.05) is 33.8 Å². The van der Waals surface area contributed by atoms with E-state index in [0.29, 0.717) is 10.6 Å². The predicted octanol–water partition coefficient (Wildman–Crippen LogP) is 3.65. The number of rotatable bonds is 8. The fourth-order valence-electron chi connectivity index (χ4n) is 3.44. The minimum Gasteiger partial charge on any atom is -0.497 e. The van der Waals surface area contributed by atoms with Crippen LogP contribution in [0.25, 0.3) is 10.9 Å². The number of halogens is 1. The van der Waals surface area contributed by atoms with Crippen molar-refractivity contribution in [2.45, 2.75) is 13.3 Å². The van der Waals surface area contributed by atoms with E-state index >= 15 is 0 Å². The molecule has 0 aliphatic carbocycles. The summed E-state index contributed by atoms with van der Waals surface area (Å²) in [5.41, 5.74) is 3.62. The van der Waals surface area contributed by atoms with E-state index in [0.717, 1.165) is 54.0 Å². The van der Waals surface area contributed by atoms with Crippen LogP contribution in [0, 0.1) is 6.92 Å². The normalized spacial score (nSPS) is 11.1. The van der Waals surface area contributed by atoms with Gasteiger partial charge in [0.25, 0.3) is 5.91 Å². The SMILES string of the molecule is CNCCNCCc1c(C)n(C(=O)c2ccc(Cl)cc2)c2ccc(OC)cc12. The smallest absolute Gasteiger partial charge is 0.262 e. The summed E-state index contributed by atoms with van der Waals surface area (Å²) in [5, 5.41) is 8.22. The summed E-state index contributed by atoms with van der Waals surface area (Å²) in [5.74, 6) is 0.728. The average Bonchev–Trinajstić information content (AvgIpc) is 2.98. The molecule has 0 spiro atoms. The van der Waals surface area contributed by atoms with E-state index in [1.165, 1.54) is 0 Å². The second-order valence-corrected chi connectivity index (χ2v) is 7.13. The van der Waals surface area contributed by atoms with E-state index in [-0.39, 0.29) is 5.91 Å². The predicted molar refractivity (Wildman–Crippen MR) is 115 cm³/mol. The van der Waals surface area contributed by atoms with Crippen LogP contribution in [0.3, 0.4) is 0 Å². The highest BCUT2D eigenvalue weighted by Gasteiger charge is 2.20. The minimum absolute atomic E-state index is 0.0567. The number of benzene rings is 2. The number of likely N-dealkylation sites (N-methyl/N-ethyl adjacent to an activating group) is 1. The Morgan fingerprint density at radius 1 is 1.11 bits per heavy atom. The van der Waals surface area contributed by atoms with E-state index in [4.69, 9.17) is 16.3 Å². The number of fused-ring (bicyclic) bond motifs is 1. The lowest BCUT2D eigenvalue weighted by atomic mass is 10.1. The Balaban J connectivity index is 2.00. The number of hydrogen-bond donors (Lipinski definition) is 2. The molecule has 0 radical (unpaired) electrons. The van der Waals surface area contributed by atoms with Crippen molar-refractivity contribution in [3.63, 3.8) is 0 Å². The highest BCUT2D eigenvalue weighted by molar-refractivity contribution is 6.30. The van der Waals surface area contributed by atoms with Gasteiger partial charge >= 0.3 is 0 Å². The maximum atomic E-state index is 13.2. The molecule has 0 atom stereocenters. The molecule has 3 aromatic rings. The zero-order chi connectivity index (χ0) is 20.1. The molecule has 6 heteroatoms. The number of nitrogens with one attached hydrogen (secondary N) is 2. The van der Waals surface area contributed by atoms with Gasteiger partial charge in [-0.2, -0.15) is 0 Å². The maximum Gasteiger partial charge on any atom is 0.262 e. The van der Waals surface area contributed by atoms with Crippen LogP contribution in [-0.2, 0) is 6.42 Å². The quantitative estimate of drug-likeness (QED) is 0.568. The van der Waals surface area contributed by atoms with Crippen LogP contribution in [0.1, 0.15) is 21.6 Å². The van der Waals surface area contributed by atoms with Gasteiger partial charge in [-0.3, -0.25) is 9.36 Å². The van der Waals surface area contributed by atoms with Crippen molar-refractivity contribution in [1.29, 1.82) is 0 Å². The van der Waals surface area contributed by atoms with Crippen molar-refractivity contribution in [2.24, 2.45) is 0 Å². The largest absolute Gasteiger partial charge is 0.497 e. The first kappa shape index (κ1) is 20.4. The molecule has 28 heavy (non-hydrogen) atoms. The Morgan fingerprint density at radius 3 is 2.54 bits per heavy atom. The molecule has 0 unspecified atom stereocenters. The van der Waals surface area contributed by atoms with Crippen LogP contribution >= 0.6 is 11.6 Å². The molecule has 2 aromatic carbocycles. The van der Waals surface area contributed by atoms with Gasteiger partial charge in [-0.1, -0.05) is 11.6 Å². The van der Waals surface area contributed by atoms with E-state index in [2.05, 4.69) is 10.6 Å². The lowest BCUT2D eigenvalue weighted by Crippen LogP contribution is -2.26. The molecular weight excluding hydrogens is 374 g/mol. The van der Waals surface area contributed by atoms with Crippen LogP contribution in [0.2, 0.25) is 5.02 Å². The van der Waals surface area contributed by atoms with Crippen LogP contribution in [-0.4, -0.2) is 44.3 Å². The molecule has 0 fully saturated rings. The van der Waals surface area contributed by atoms with E-state index in [1.54, 1.807) is 35.9 Å². The lowest BCUT2D eigenvalue weighted by Gasteiger charge is -2.08. The second kappa shape index (κ2) is 9.24. The molecule has 0 amide bonds. The number of carbonyl (C=O) groups is 1. The van der Waals surface area contributed by atoms with Gasteiger partial charge in [-0.05, 0) is 75.0 Å². The number of methoxy groups -OCH3 is 1. The molecule has 0 bridgehead atoms. The third-order valence-electron chi connectivity index (χ3n) is 4.94. The summed E-state index contributed by atoms with van der Waals surface area (Å²) < 4.78 is 7.20. The second-order valence-electron chi connectivity index (χ2n) is 6.70. The van der Waals surface area contributed by atoms with Gasteiger partial charge in [0, 0.05) is 34.8 Å². The van der Waals surface area contributed by atoms with Gasteiger partial charge in [-0.15, -0.1) is 0 Å². The third-order valence-corrected chi connectivity index (χ3v) is 5.19. The van der Waals surface area contributed by atoms with Crippen molar-refractivity contribution in [3.8, 4) is 5.75 Å². The number of hydrogen-bond acceptors (Lipinski definition) is 4. The van der Waals surface area contributed by atoms with Crippen LogP contribution in [0.5, 0.6) is 5.75 Å². The molecule has 5 nitrogen and oxygen atoms in total. The van der Waals surface area contributed by atoms with Crippen molar-refractivity contribution in [3.05, 3.63) is 64.3 Å². The van der Waals surface area contributed by atoms with Gasteiger partial charge in [0.15, 0.2) is 0 Å². The Hall–Kier alpha value is -2.34. The summed E-state index contributed by atoms with van der Waals surface area (Å²) in [7, 11) is 3.59. The Bertz CT molecular complexity index is 964. The van der Waals surface area contributed by atoms with Crippen LogP contribution < -0.4 is 15.4 Å². The summed E-state index contributed by atoms with van der Waals surface area (Å²) in [4.78, 5) is 13.2. The van der Waals surface area contributed by atoms with Crippen LogP contribution in [0.15, 0.2) is 42.5 Å². The molecule has 148 valence electrons. The average molecular weight is 400 g/mol. The van der Waals surface area contributed by atoms with Crippen molar-refractivity contribution < 1.29 is 9.53 Å². The molecule has 0 aliphatic rings. The molecule has 1 aromatic heterocycles. The van der Waals surface area contributed by atoms with Gasteiger partial charge < -0.3 is 15.4 Å². The first-order chi connectivity index (χ1) is 13.6. The topological polar surface area (TPSA) is 55.3 Å². The Kier molecular flexibility index (Phi) is 6.73. The maximum absolute atomic E-state index is 13.2. The Morgan fingerprint density at radius 2 is 1.86 bits per heavy atom. The number of carbonyl (C=O) groups excluding carboxylic acids is 1. The lowest BCUT2D eigenvalue weighted by molar-refractivity contribution is 0.0963.